The molecule has 2 aromatic rings. The van der Waals surface area contributed by atoms with Gasteiger partial charge in [0.25, 0.3) is 0 Å². The quantitative estimate of drug-likeness (QED) is 0.790. The van der Waals surface area contributed by atoms with E-state index in [1.54, 1.807) is 19.1 Å². The average molecular weight is 305 g/mol. The number of carbonyl (C=O) groups excluding carboxylic acids is 2. The molecule has 0 saturated heterocycles. The van der Waals surface area contributed by atoms with Crippen molar-refractivity contribution in [1.29, 1.82) is 0 Å². The zero-order valence-corrected chi connectivity index (χ0v) is 12.0. The largest absolute Gasteiger partial charge is 0.467 e. The molecule has 22 heavy (non-hydrogen) atoms. The fourth-order valence-electron chi connectivity index (χ4n) is 1.80. The maximum Gasteiger partial charge on any atom is 0.321 e. The molecule has 1 aromatic carbocycles. The second-order valence-corrected chi connectivity index (χ2v) is 4.62. The Morgan fingerprint density at radius 1 is 1.27 bits per heavy atom. The molecular formula is C15H16FN3O3. The molecule has 0 unspecified atom stereocenters. The van der Waals surface area contributed by atoms with Crippen LogP contribution in [0.4, 0.5) is 14.9 Å². The third-order valence-corrected chi connectivity index (χ3v) is 2.88. The lowest BCUT2D eigenvalue weighted by atomic mass is 10.2. The Bertz CT molecular complexity index is 656. The van der Waals surface area contributed by atoms with E-state index < -0.39 is 11.9 Å². The van der Waals surface area contributed by atoms with Gasteiger partial charge in [-0.15, -0.1) is 0 Å². The lowest BCUT2D eigenvalue weighted by molar-refractivity contribution is -0.118. The fourth-order valence-corrected chi connectivity index (χ4v) is 1.80. The van der Waals surface area contributed by atoms with Gasteiger partial charge in [0.1, 0.15) is 11.6 Å². The van der Waals surface area contributed by atoms with Crippen molar-refractivity contribution in [3.8, 4) is 0 Å². The second-order valence-electron chi connectivity index (χ2n) is 4.62. The minimum absolute atomic E-state index is 0.0966. The number of aryl methyl sites for hydroxylation is 1. The van der Waals surface area contributed by atoms with Gasteiger partial charge in [-0.05, 0) is 42.8 Å². The van der Waals surface area contributed by atoms with E-state index in [0.717, 1.165) is 0 Å². The average Bonchev–Trinajstić information content (AvgIpc) is 2.97. The van der Waals surface area contributed by atoms with E-state index in [9.17, 15) is 14.0 Å². The van der Waals surface area contributed by atoms with Gasteiger partial charge in [-0.25, -0.2) is 9.18 Å². The van der Waals surface area contributed by atoms with Gasteiger partial charge in [-0.2, -0.15) is 0 Å². The monoisotopic (exact) mass is 305 g/mol. The van der Waals surface area contributed by atoms with E-state index in [2.05, 4.69) is 16.0 Å². The predicted molar refractivity (Wildman–Crippen MR) is 78.7 cm³/mol. The minimum Gasteiger partial charge on any atom is -0.467 e. The first-order chi connectivity index (χ1) is 10.5. The van der Waals surface area contributed by atoms with Crippen molar-refractivity contribution in [3.05, 3.63) is 53.7 Å². The summed E-state index contributed by atoms with van der Waals surface area (Å²) in [6, 6.07) is 6.99. The van der Waals surface area contributed by atoms with Gasteiger partial charge >= 0.3 is 6.03 Å². The van der Waals surface area contributed by atoms with Crippen LogP contribution in [0.15, 0.2) is 41.0 Å². The highest BCUT2D eigenvalue weighted by Gasteiger charge is 2.08. The van der Waals surface area contributed by atoms with E-state index in [-0.39, 0.29) is 18.9 Å². The molecule has 7 heteroatoms. The molecule has 1 heterocycles. The number of benzene rings is 1. The summed E-state index contributed by atoms with van der Waals surface area (Å²) in [6.07, 6.45) is 1.50. The number of imide groups is 1. The van der Waals surface area contributed by atoms with Crippen LogP contribution in [-0.4, -0.2) is 18.5 Å². The summed E-state index contributed by atoms with van der Waals surface area (Å²) < 4.78 is 18.0. The van der Waals surface area contributed by atoms with Crippen LogP contribution in [0.25, 0.3) is 0 Å². The van der Waals surface area contributed by atoms with Crippen molar-refractivity contribution >= 4 is 17.6 Å². The van der Waals surface area contributed by atoms with Gasteiger partial charge in [0.05, 0.1) is 19.4 Å². The van der Waals surface area contributed by atoms with Gasteiger partial charge in [-0.1, -0.05) is 0 Å². The molecule has 0 aliphatic carbocycles. The van der Waals surface area contributed by atoms with Crippen LogP contribution in [0.2, 0.25) is 0 Å². The number of furan rings is 1. The molecule has 0 spiro atoms. The number of halogens is 1. The van der Waals surface area contributed by atoms with E-state index in [1.165, 1.54) is 24.5 Å². The van der Waals surface area contributed by atoms with Crippen molar-refractivity contribution in [2.24, 2.45) is 0 Å². The van der Waals surface area contributed by atoms with E-state index in [4.69, 9.17) is 4.42 Å². The van der Waals surface area contributed by atoms with Gasteiger partial charge in [0.2, 0.25) is 5.91 Å². The Labute approximate surface area is 126 Å². The molecule has 3 N–H and O–H groups in total. The third kappa shape index (κ3) is 4.62. The van der Waals surface area contributed by atoms with Crippen molar-refractivity contribution in [2.75, 3.05) is 11.9 Å². The first-order valence-electron chi connectivity index (χ1n) is 6.64. The topological polar surface area (TPSA) is 83.4 Å². The van der Waals surface area contributed by atoms with Crippen molar-refractivity contribution in [2.45, 2.75) is 13.5 Å². The van der Waals surface area contributed by atoms with Crippen LogP contribution >= 0.6 is 0 Å². The number of nitrogens with one attached hydrogen (secondary N) is 3. The lowest BCUT2D eigenvalue weighted by Crippen LogP contribution is -2.41. The number of anilines is 1. The fraction of sp³-hybridized carbons (Fsp3) is 0.200. The van der Waals surface area contributed by atoms with E-state index in [1.807, 2.05) is 0 Å². The van der Waals surface area contributed by atoms with E-state index >= 15 is 0 Å². The summed E-state index contributed by atoms with van der Waals surface area (Å²) in [7, 11) is 0. The molecule has 0 fully saturated rings. The molecular weight excluding hydrogens is 289 g/mol. The highest BCUT2D eigenvalue weighted by molar-refractivity contribution is 5.96. The third-order valence-electron chi connectivity index (χ3n) is 2.88. The molecule has 0 saturated carbocycles. The van der Waals surface area contributed by atoms with Crippen LogP contribution in [0.5, 0.6) is 0 Å². The summed E-state index contributed by atoms with van der Waals surface area (Å²) >= 11 is 0. The minimum atomic E-state index is -0.612. The molecule has 0 atom stereocenters. The van der Waals surface area contributed by atoms with Crippen molar-refractivity contribution in [1.82, 2.24) is 10.6 Å². The Hall–Kier alpha value is -2.83. The SMILES string of the molecule is Cc1cc(F)ccc1NCC(=O)NC(=O)NCc1ccco1. The van der Waals surface area contributed by atoms with Crippen LogP contribution in [-0.2, 0) is 11.3 Å². The summed E-state index contributed by atoms with van der Waals surface area (Å²) in [5.41, 5.74) is 1.31. The summed E-state index contributed by atoms with van der Waals surface area (Å²) in [6.45, 7) is 1.82. The molecule has 0 radical (unpaired) electrons. The number of urea groups is 1. The van der Waals surface area contributed by atoms with Crippen molar-refractivity contribution < 1.29 is 18.4 Å². The van der Waals surface area contributed by atoms with Gasteiger partial charge < -0.3 is 15.1 Å². The predicted octanol–water partition coefficient (Wildman–Crippen LogP) is 2.17. The first-order valence-corrected chi connectivity index (χ1v) is 6.64. The summed E-state index contributed by atoms with van der Waals surface area (Å²) in [4.78, 5) is 23.1. The number of hydrogen-bond donors (Lipinski definition) is 3. The molecule has 116 valence electrons. The Kier molecular flexibility index (Phi) is 5.13. The lowest BCUT2D eigenvalue weighted by Gasteiger charge is -2.10. The molecule has 0 aliphatic heterocycles. The zero-order chi connectivity index (χ0) is 15.9. The molecule has 0 bridgehead atoms. The van der Waals surface area contributed by atoms with Gasteiger partial charge in [-0.3, -0.25) is 10.1 Å². The van der Waals surface area contributed by atoms with Gasteiger partial charge in [0, 0.05) is 5.69 Å². The highest BCUT2D eigenvalue weighted by Crippen LogP contribution is 2.14. The zero-order valence-electron chi connectivity index (χ0n) is 12.0. The molecule has 1 aromatic heterocycles. The van der Waals surface area contributed by atoms with Crippen LogP contribution in [0.3, 0.4) is 0 Å². The van der Waals surface area contributed by atoms with Gasteiger partial charge in [0.15, 0.2) is 0 Å². The standard InChI is InChI=1S/C15H16FN3O3/c1-10-7-11(16)4-5-13(10)17-9-14(20)19-15(21)18-8-12-3-2-6-22-12/h2-7,17H,8-9H2,1H3,(H2,18,19,20,21). The highest BCUT2D eigenvalue weighted by atomic mass is 19.1. The van der Waals surface area contributed by atoms with Crippen LogP contribution in [0, 0.1) is 12.7 Å². The van der Waals surface area contributed by atoms with Crippen LogP contribution < -0.4 is 16.0 Å². The normalized spacial score (nSPS) is 10.1. The summed E-state index contributed by atoms with van der Waals surface area (Å²) in [5, 5.41) is 7.50. The number of amides is 3. The number of hydrogen-bond acceptors (Lipinski definition) is 4. The molecule has 2 rings (SSSR count). The Morgan fingerprint density at radius 3 is 2.77 bits per heavy atom. The van der Waals surface area contributed by atoms with Crippen LogP contribution in [0.1, 0.15) is 11.3 Å². The maximum atomic E-state index is 13.0. The first kappa shape index (κ1) is 15.6. The number of carbonyl (C=O) groups is 2. The second kappa shape index (κ2) is 7.26. The molecule has 6 nitrogen and oxygen atoms in total. The van der Waals surface area contributed by atoms with Crippen molar-refractivity contribution in [3.63, 3.8) is 0 Å². The summed E-state index contributed by atoms with van der Waals surface area (Å²) in [5.74, 6) is -0.256. The molecule has 3 amide bonds. The smallest absolute Gasteiger partial charge is 0.321 e. The maximum absolute atomic E-state index is 13.0. The van der Waals surface area contributed by atoms with E-state index in [0.29, 0.717) is 17.0 Å². The molecule has 0 aliphatic rings. The Morgan fingerprint density at radius 2 is 2.09 bits per heavy atom. The number of rotatable bonds is 5. The Balaban J connectivity index is 1.74.